The fraction of sp³-hybridized carbons (Fsp3) is 0.188. The number of nitrogens with zero attached hydrogens (tertiary/aromatic N) is 3. The molecule has 2 atom stereocenters. The van der Waals surface area contributed by atoms with Crippen molar-refractivity contribution < 1.29 is 4.52 Å². The van der Waals surface area contributed by atoms with Crippen molar-refractivity contribution in [2.75, 3.05) is 6.54 Å². The third-order valence-electron chi connectivity index (χ3n) is 3.82. The highest BCUT2D eigenvalue weighted by Gasteiger charge is 2.33. The van der Waals surface area contributed by atoms with Crippen LogP contribution in [0.25, 0.3) is 11.4 Å². The molecule has 6 nitrogen and oxygen atoms in total. The van der Waals surface area contributed by atoms with Crippen LogP contribution >= 0.6 is 0 Å². The normalized spacial score (nSPS) is 21.1. The van der Waals surface area contributed by atoms with E-state index in [9.17, 15) is 0 Å². The fourth-order valence-electron chi connectivity index (χ4n) is 2.70. The molecule has 1 aromatic carbocycles. The molecule has 1 saturated heterocycles. The second-order valence-corrected chi connectivity index (χ2v) is 5.22. The second kappa shape index (κ2) is 5.67. The van der Waals surface area contributed by atoms with Crippen molar-refractivity contribution in [2.45, 2.75) is 12.0 Å². The zero-order chi connectivity index (χ0) is 14.8. The molecule has 3 heterocycles. The average molecular weight is 293 g/mol. The van der Waals surface area contributed by atoms with E-state index >= 15 is 0 Å². The lowest BCUT2D eigenvalue weighted by atomic mass is 9.95. The van der Waals surface area contributed by atoms with E-state index < -0.39 is 0 Å². The number of pyridine rings is 1. The number of hydrogen-bond donors (Lipinski definition) is 2. The molecule has 0 aliphatic carbocycles. The molecule has 4 rings (SSSR count). The van der Waals surface area contributed by atoms with Gasteiger partial charge in [-0.15, -0.1) is 0 Å². The molecule has 110 valence electrons. The first-order valence-corrected chi connectivity index (χ1v) is 7.19. The Kier molecular flexibility index (Phi) is 3.38. The van der Waals surface area contributed by atoms with Gasteiger partial charge >= 0.3 is 0 Å². The Morgan fingerprint density at radius 3 is 2.82 bits per heavy atom. The Morgan fingerprint density at radius 1 is 1.09 bits per heavy atom. The summed E-state index contributed by atoms with van der Waals surface area (Å²) in [5.41, 5.74) is 8.51. The van der Waals surface area contributed by atoms with Gasteiger partial charge in [0.25, 0.3) is 0 Å². The highest BCUT2D eigenvalue weighted by Crippen LogP contribution is 2.32. The molecule has 2 N–H and O–H groups in total. The molecule has 6 heteroatoms. The molecule has 2 aromatic heterocycles. The molecule has 1 fully saturated rings. The van der Waals surface area contributed by atoms with E-state index in [0.717, 1.165) is 12.1 Å². The monoisotopic (exact) mass is 293 g/mol. The highest BCUT2D eigenvalue weighted by atomic mass is 16.5. The van der Waals surface area contributed by atoms with Crippen LogP contribution in [0, 0.1) is 0 Å². The number of benzene rings is 1. The lowest BCUT2D eigenvalue weighted by Crippen LogP contribution is -2.24. The zero-order valence-corrected chi connectivity index (χ0v) is 11.8. The van der Waals surface area contributed by atoms with E-state index in [-0.39, 0.29) is 12.0 Å². The SMILES string of the molecule is c1ccc(C2NNCC2c2nc(-c3cccnc3)no2)cc1. The zero-order valence-electron chi connectivity index (χ0n) is 11.8. The molecule has 0 saturated carbocycles. The molecular weight excluding hydrogens is 278 g/mol. The molecular formula is C16H15N5O. The molecule has 22 heavy (non-hydrogen) atoms. The predicted octanol–water partition coefficient (Wildman–Crippen LogP) is 2.06. The Balaban J connectivity index is 1.63. The summed E-state index contributed by atoms with van der Waals surface area (Å²) in [4.78, 5) is 8.62. The minimum Gasteiger partial charge on any atom is -0.339 e. The van der Waals surface area contributed by atoms with Gasteiger partial charge in [-0.05, 0) is 17.7 Å². The van der Waals surface area contributed by atoms with Crippen LogP contribution in [0.2, 0.25) is 0 Å². The minimum atomic E-state index is 0.0975. The van der Waals surface area contributed by atoms with Crippen LogP contribution in [0.5, 0.6) is 0 Å². The van der Waals surface area contributed by atoms with Crippen molar-refractivity contribution in [1.82, 2.24) is 26.0 Å². The first-order valence-electron chi connectivity index (χ1n) is 7.19. The largest absolute Gasteiger partial charge is 0.339 e. The van der Waals surface area contributed by atoms with Gasteiger partial charge in [0.2, 0.25) is 11.7 Å². The Hall–Kier alpha value is -2.57. The summed E-state index contributed by atoms with van der Waals surface area (Å²) < 4.78 is 5.49. The van der Waals surface area contributed by atoms with Crippen molar-refractivity contribution in [3.8, 4) is 11.4 Å². The molecule has 0 amide bonds. The Morgan fingerprint density at radius 2 is 2.00 bits per heavy atom. The lowest BCUT2D eigenvalue weighted by molar-refractivity contribution is 0.347. The minimum absolute atomic E-state index is 0.0975. The summed E-state index contributed by atoms with van der Waals surface area (Å²) in [6, 6.07) is 14.1. The van der Waals surface area contributed by atoms with E-state index in [0.29, 0.717) is 11.7 Å². The van der Waals surface area contributed by atoms with E-state index in [1.165, 1.54) is 5.56 Å². The number of aromatic nitrogens is 3. The standard InChI is InChI=1S/C16H15N5O/c1-2-5-11(6-3-1)14-13(10-18-20-14)16-19-15(21-22-16)12-7-4-8-17-9-12/h1-9,13-14,18,20H,10H2. The maximum Gasteiger partial charge on any atom is 0.233 e. The van der Waals surface area contributed by atoms with Crippen molar-refractivity contribution in [3.05, 3.63) is 66.3 Å². The summed E-state index contributed by atoms with van der Waals surface area (Å²) >= 11 is 0. The summed E-state index contributed by atoms with van der Waals surface area (Å²) in [5.74, 6) is 1.30. The Bertz CT molecular complexity index is 743. The number of hydrazine groups is 1. The first kappa shape index (κ1) is 13.1. The van der Waals surface area contributed by atoms with Gasteiger partial charge in [-0.1, -0.05) is 35.5 Å². The van der Waals surface area contributed by atoms with Gasteiger partial charge in [0.1, 0.15) is 0 Å². The summed E-state index contributed by atoms with van der Waals surface area (Å²) in [5, 5.41) is 4.08. The van der Waals surface area contributed by atoms with E-state index in [4.69, 9.17) is 4.52 Å². The molecule has 0 bridgehead atoms. The smallest absolute Gasteiger partial charge is 0.233 e. The van der Waals surface area contributed by atoms with Crippen molar-refractivity contribution >= 4 is 0 Å². The van der Waals surface area contributed by atoms with Gasteiger partial charge in [0.05, 0.1) is 12.0 Å². The van der Waals surface area contributed by atoms with Crippen LogP contribution in [-0.4, -0.2) is 21.7 Å². The van der Waals surface area contributed by atoms with Gasteiger partial charge in [0, 0.05) is 24.5 Å². The molecule has 0 radical (unpaired) electrons. The van der Waals surface area contributed by atoms with Crippen LogP contribution in [-0.2, 0) is 0 Å². The summed E-state index contributed by atoms with van der Waals surface area (Å²) in [6.45, 7) is 0.744. The maximum absolute atomic E-state index is 5.49. The third-order valence-corrected chi connectivity index (χ3v) is 3.82. The Labute approximate surface area is 127 Å². The van der Waals surface area contributed by atoms with Gasteiger partial charge in [-0.3, -0.25) is 10.4 Å². The van der Waals surface area contributed by atoms with E-state index in [1.54, 1.807) is 12.4 Å². The van der Waals surface area contributed by atoms with Crippen LogP contribution in [0.1, 0.15) is 23.4 Å². The maximum atomic E-state index is 5.49. The van der Waals surface area contributed by atoms with E-state index in [1.807, 2.05) is 30.3 Å². The van der Waals surface area contributed by atoms with Crippen molar-refractivity contribution in [1.29, 1.82) is 0 Å². The second-order valence-electron chi connectivity index (χ2n) is 5.22. The summed E-state index contributed by atoms with van der Waals surface area (Å²) in [6.07, 6.45) is 3.45. The average Bonchev–Trinajstić information content (AvgIpc) is 3.25. The van der Waals surface area contributed by atoms with Crippen LogP contribution in [0.4, 0.5) is 0 Å². The fourth-order valence-corrected chi connectivity index (χ4v) is 2.70. The van der Waals surface area contributed by atoms with Crippen molar-refractivity contribution in [2.24, 2.45) is 0 Å². The van der Waals surface area contributed by atoms with Gasteiger partial charge < -0.3 is 4.52 Å². The molecule has 2 unspecified atom stereocenters. The lowest BCUT2D eigenvalue weighted by Gasteiger charge is -2.15. The van der Waals surface area contributed by atoms with Gasteiger partial charge in [0.15, 0.2) is 0 Å². The molecule has 1 aliphatic heterocycles. The van der Waals surface area contributed by atoms with E-state index in [2.05, 4.69) is 38.1 Å². The number of hydrogen-bond acceptors (Lipinski definition) is 6. The van der Waals surface area contributed by atoms with Gasteiger partial charge in [-0.2, -0.15) is 4.98 Å². The third kappa shape index (κ3) is 2.38. The topological polar surface area (TPSA) is 75.9 Å². The van der Waals surface area contributed by atoms with Crippen LogP contribution in [0.3, 0.4) is 0 Å². The van der Waals surface area contributed by atoms with Crippen LogP contribution in [0.15, 0.2) is 59.4 Å². The molecule has 1 aliphatic rings. The number of nitrogens with one attached hydrogen (secondary N) is 2. The highest BCUT2D eigenvalue weighted by molar-refractivity contribution is 5.52. The molecule has 3 aromatic rings. The quantitative estimate of drug-likeness (QED) is 0.770. The number of rotatable bonds is 3. The van der Waals surface area contributed by atoms with Crippen LogP contribution < -0.4 is 10.9 Å². The molecule has 0 spiro atoms. The van der Waals surface area contributed by atoms with Crippen molar-refractivity contribution in [3.63, 3.8) is 0 Å². The summed E-state index contributed by atoms with van der Waals surface area (Å²) in [7, 11) is 0. The first-order chi connectivity index (χ1) is 10.9. The van der Waals surface area contributed by atoms with Gasteiger partial charge in [-0.25, -0.2) is 5.43 Å². The predicted molar refractivity (Wildman–Crippen MR) is 80.6 cm³/mol.